The second kappa shape index (κ2) is 6.28. The van der Waals surface area contributed by atoms with Gasteiger partial charge in [0, 0.05) is 11.9 Å². The average molecular weight is 234 g/mol. The van der Waals surface area contributed by atoms with E-state index in [1.165, 1.54) is 30.5 Å². The van der Waals surface area contributed by atoms with Crippen LogP contribution in [0.1, 0.15) is 6.92 Å². The van der Waals surface area contributed by atoms with Gasteiger partial charge in [-0.2, -0.15) is 5.26 Å². The molecule has 17 heavy (non-hydrogen) atoms. The van der Waals surface area contributed by atoms with Crippen molar-refractivity contribution in [1.29, 1.82) is 5.26 Å². The maximum absolute atomic E-state index is 12.6. The van der Waals surface area contributed by atoms with Crippen LogP contribution in [0, 0.1) is 17.1 Å². The molecule has 0 atom stereocenters. The largest absolute Gasteiger partial charge is 0.462 e. The van der Waals surface area contributed by atoms with Gasteiger partial charge in [-0.25, -0.2) is 9.18 Å². The van der Waals surface area contributed by atoms with Crippen LogP contribution in [-0.4, -0.2) is 12.6 Å². The van der Waals surface area contributed by atoms with Crippen LogP contribution < -0.4 is 5.32 Å². The van der Waals surface area contributed by atoms with Crippen molar-refractivity contribution in [2.75, 3.05) is 11.9 Å². The summed E-state index contributed by atoms with van der Waals surface area (Å²) in [4.78, 5) is 11.2. The van der Waals surface area contributed by atoms with Crippen LogP contribution >= 0.6 is 0 Å². The van der Waals surface area contributed by atoms with Crippen molar-refractivity contribution in [2.24, 2.45) is 0 Å². The van der Waals surface area contributed by atoms with Crippen LogP contribution in [0.25, 0.3) is 0 Å². The molecule has 88 valence electrons. The molecule has 0 aliphatic heterocycles. The van der Waals surface area contributed by atoms with Crippen molar-refractivity contribution in [1.82, 2.24) is 0 Å². The first-order valence-electron chi connectivity index (χ1n) is 4.97. The highest BCUT2D eigenvalue weighted by Crippen LogP contribution is 2.09. The quantitative estimate of drug-likeness (QED) is 0.493. The molecule has 0 unspecified atom stereocenters. The highest BCUT2D eigenvalue weighted by molar-refractivity contribution is 5.93. The molecule has 5 heteroatoms. The van der Waals surface area contributed by atoms with Gasteiger partial charge in [0.25, 0.3) is 0 Å². The maximum Gasteiger partial charge on any atom is 0.350 e. The van der Waals surface area contributed by atoms with Gasteiger partial charge in [0.2, 0.25) is 0 Å². The monoisotopic (exact) mass is 234 g/mol. The van der Waals surface area contributed by atoms with Gasteiger partial charge >= 0.3 is 5.97 Å². The van der Waals surface area contributed by atoms with Crippen LogP contribution in [0.15, 0.2) is 36.0 Å². The van der Waals surface area contributed by atoms with E-state index in [2.05, 4.69) is 10.1 Å². The number of esters is 1. The molecule has 0 fully saturated rings. The molecule has 0 heterocycles. The smallest absolute Gasteiger partial charge is 0.350 e. The van der Waals surface area contributed by atoms with E-state index in [0.717, 1.165) is 0 Å². The Hall–Kier alpha value is -2.35. The molecule has 0 amide bonds. The number of ether oxygens (including phenoxy) is 1. The Bertz CT molecular complexity index is 460. The molecule has 4 nitrogen and oxygen atoms in total. The molecule has 1 aromatic carbocycles. The van der Waals surface area contributed by atoms with E-state index in [4.69, 9.17) is 5.26 Å². The number of benzene rings is 1. The molecule has 0 aromatic heterocycles. The summed E-state index contributed by atoms with van der Waals surface area (Å²) in [5, 5.41) is 11.4. The fourth-order valence-electron chi connectivity index (χ4n) is 1.05. The lowest BCUT2D eigenvalue weighted by Crippen LogP contribution is -2.07. The minimum absolute atomic E-state index is 0.142. The average Bonchev–Trinajstić information content (AvgIpc) is 2.32. The molecule has 0 aliphatic rings. The molecule has 1 rings (SSSR count). The Morgan fingerprint density at radius 1 is 1.53 bits per heavy atom. The zero-order valence-electron chi connectivity index (χ0n) is 9.24. The van der Waals surface area contributed by atoms with Crippen LogP contribution in [0.3, 0.4) is 0 Å². The first-order valence-corrected chi connectivity index (χ1v) is 4.97. The summed E-state index contributed by atoms with van der Waals surface area (Å²) >= 11 is 0. The minimum Gasteiger partial charge on any atom is -0.462 e. The van der Waals surface area contributed by atoms with Gasteiger partial charge in [0.05, 0.1) is 6.61 Å². The predicted octanol–water partition coefficient (Wildman–Crippen LogP) is 2.21. The van der Waals surface area contributed by atoms with Gasteiger partial charge < -0.3 is 10.1 Å². The highest BCUT2D eigenvalue weighted by atomic mass is 19.1. The molecule has 0 saturated heterocycles. The Balaban J connectivity index is 2.71. The Labute approximate surface area is 98.3 Å². The van der Waals surface area contributed by atoms with E-state index in [1.54, 1.807) is 13.0 Å². The van der Waals surface area contributed by atoms with Gasteiger partial charge in [-0.3, -0.25) is 0 Å². The zero-order valence-corrected chi connectivity index (χ0v) is 9.24. The van der Waals surface area contributed by atoms with E-state index in [9.17, 15) is 9.18 Å². The Morgan fingerprint density at radius 3 is 2.71 bits per heavy atom. The van der Waals surface area contributed by atoms with E-state index < -0.39 is 5.97 Å². The first kappa shape index (κ1) is 12.7. The first-order chi connectivity index (χ1) is 8.17. The molecule has 0 aliphatic carbocycles. The summed E-state index contributed by atoms with van der Waals surface area (Å²) in [5.41, 5.74) is 0.430. The van der Waals surface area contributed by atoms with E-state index in [-0.39, 0.29) is 18.0 Å². The number of hydrogen-bond acceptors (Lipinski definition) is 4. The zero-order chi connectivity index (χ0) is 12.7. The molecule has 0 saturated carbocycles. The summed E-state index contributed by atoms with van der Waals surface area (Å²) < 4.78 is 17.3. The standard InChI is InChI=1S/C12H11FN2O2/c1-2-17-12(16)9(7-14)8-15-11-5-3-10(13)4-6-11/h3-6,8,15H,2H2,1H3/b9-8-. The lowest BCUT2D eigenvalue weighted by atomic mass is 10.3. The third kappa shape index (κ3) is 3.95. The van der Waals surface area contributed by atoms with Crippen molar-refractivity contribution in [3.8, 4) is 6.07 Å². The van der Waals surface area contributed by atoms with Gasteiger partial charge in [0.1, 0.15) is 11.9 Å². The normalized spacial score (nSPS) is 10.5. The van der Waals surface area contributed by atoms with Crippen molar-refractivity contribution >= 4 is 11.7 Å². The Kier molecular flexibility index (Phi) is 4.70. The second-order valence-electron chi connectivity index (χ2n) is 3.04. The number of anilines is 1. The summed E-state index contributed by atoms with van der Waals surface area (Å²) in [7, 11) is 0. The molecule has 0 radical (unpaired) electrons. The molecule has 1 N–H and O–H groups in total. The SMILES string of the molecule is CCOC(=O)/C(C#N)=C\Nc1ccc(F)cc1. The van der Waals surface area contributed by atoms with Crippen LogP contribution in [0.4, 0.5) is 10.1 Å². The van der Waals surface area contributed by atoms with Gasteiger partial charge in [-0.05, 0) is 31.2 Å². The third-order valence-electron chi connectivity index (χ3n) is 1.84. The van der Waals surface area contributed by atoms with Gasteiger partial charge in [0.15, 0.2) is 5.57 Å². The van der Waals surface area contributed by atoms with Gasteiger partial charge in [-0.1, -0.05) is 0 Å². The number of nitrogens with zero attached hydrogens (tertiary/aromatic N) is 1. The number of halogens is 1. The number of carbonyl (C=O) groups is 1. The van der Waals surface area contributed by atoms with E-state index in [1.807, 2.05) is 0 Å². The molecule has 0 spiro atoms. The summed E-state index contributed by atoms with van der Waals surface area (Å²) in [6, 6.07) is 7.24. The number of rotatable bonds is 4. The van der Waals surface area contributed by atoms with Gasteiger partial charge in [-0.15, -0.1) is 0 Å². The summed E-state index contributed by atoms with van der Waals surface area (Å²) in [6.07, 6.45) is 1.23. The highest BCUT2D eigenvalue weighted by Gasteiger charge is 2.08. The summed E-state index contributed by atoms with van der Waals surface area (Å²) in [6.45, 7) is 1.86. The number of carbonyl (C=O) groups excluding carboxylic acids is 1. The van der Waals surface area contributed by atoms with Crippen molar-refractivity contribution in [3.05, 3.63) is 41.9 Å². The van der Waals surface area contributed by atoms with Crippen LogP contribution in [0.2, 0.25) is 0 Å². The fraction of sp³-hybridized carbons (Fsp3) is 0.167. The summed E-state index contributed by atoms with van der Waals surface area (Å²) in [5.74, 6) is -1.05. The van der Waals surface area contributed by atoms with Crippen LogP contribution in [-0.2, 0) is 9.53 Å². The molecule has 0 bridgehead atoms. The van der Waals surface area contributed by atoms with Crippen molar-refractivity contribution in [2.45, 2.75) is 6.92 Å². The van der Waals surface area contributed by atoms with Crippen molar-refractivity contribution < 1.29 is 13.9 Å². The fourth-order valence-corrected chi connectivity index (χ4v) is 1.05. The molecular formula is C12H11FN2O2. The van der Waals surface area contributed by atoms with Crippen LogP contribution in [0.5, 0.6) is 0 Å². The topological polar surface area (TPSA) is 62.1 Å². The van der Waals surface area contributed by atoms with E-state index in [0.29, 0.717) is 5.69 Å². The lowest BCUT2D eigenvalue weighted by Gasteiger charge is -2.02. The number of nitrogens with one attached hydrogen (secondary N) is 1. The number of nitriles is 1. The third-order valence-corrected chi connectivity index (χ3v) is 1.84. The maximum atomic E-state index is 12.6. The Morgan fingerprint density at radius 2 is 2.18 bits per heavy atom. The number of hydrogen-bond donors (Lipinski definition) is 1. The lowest BCUT2D eigenvalue weighted by molar-refractivity contribution is -0.138. The molecular weight excluding hydrogens is 223 g/mol. The van der Waals surface area contributed by atoms with E-state index >= 15 is 0 Å². The minimum atomic E-state index is -0.690. The van der Waals surface area contributed by atoms with Crippen molar-refractivity contribution in [3.63, 3.8) is 0 Å². The predicted molar refractivity (Wildman–Crippen MR) is 60.4 cm³/mol. The second-order valence-corrected chi connectivity index (χ2v) is 3.04. The molecule has 1 aromatic rings.